The van der Waals surface area contributed by atoms with Gasteiger partial charge in [0.2, 0.25) is 5.91 Å². The maximum Gasteiger partial charge on any atom is 0.228 e. The molecule has 0 radical (unpaired) electrons. The molecule has 0 spiro atoms. The average Bonchev–Trinajstić information content (AvgIpc) is 2.50. The van der Waals surface area contributed by atoms with E-state index in [1.807, 2.05) is 25.1 Å². The zero-order chi connectivity index (χ0) is 11.0. The van der Waals surface area contributed by atoms with Crippen LogP contribution in [0.4, 0.5) is 5.69 Å². The summed E-state index contributed by atoms with van der Waals surface area (Å²) in [6.45, 7) is 2.62. The van der Waals surface area contributed by atoms with Gasteiger partial charge in [0.25, 0.3) is 0 Å². The number of carbonyl (C=O) groups is 1. The van der Waals surface area contributed by atoms with Crippen LogP contribution in [-0.4, -0.2) is 17.8 Å². The molecule has 1 fully saturated rings. The lowest BCUT2D eigenvalue weighted by atomic mass is 10.2. The average molecular weight is 289 g/mol. The second-order valence-corrected chi connectivity index (χ2v) is 5.21. The molecule has 1 aliphatic rings. The van der Waals surface area contributed by atoms with Gasteiger partial charge in [0, 0.05) is 23.1 Å². The predicted molar refractivity (Wildman–Crippen MR) is 65.5 cm³/mol. The van der Waals surface area contributed by atoms with Crippen molar-refractivity contribution in [2.45, 2.75) is 18.7 Å². The zero-order valence-electron chi connectivity index (χ0n) is 8.34. The Hall–Kier alpha value is -0.540. The Morgan fingerprint density at radius 3 is 2.80 bits per heavy atom. The first-order chi connectivity index (χ1) is 7.08. The minimum Gasteiger partial charge on any atom is -0.311 e. The summed E-state index contributed by atoms with van der Waals surface area (Å²) < 4.78 is 1.06. The Bertz CT molecular complexity index is 408. The second-order valence-electron chi connectivity index (χ2n) is 3.74. The lowest BCUT2D eigenvalue weighted by Gasteiger charge is -2.16. The van der Waals surface area contributed by atoms with Gasteiger partial charge in [0.1, 0.15) is 0 Å². The van der Waals surface area contributed by atoms with E-state index < -0.39 is 0 Å². The lowest BCUT2D eigenvalue weighted by Crippen LogP contribution is -2.24. The van der Waals surface area contributed by atoms with Crippen molar-refractivity contribution in [3.8, 4) is 0 Å². The normalized spacial score (nSPS) is 21.1. The number of carbonyl (C=O) groups excluding carboxylic acids is 1. The Kier molecular flexibility index (Phi) is 3.03. The molecule has 0 aromatic heterocycles. The standard InChI is InChI=1S/C11H11BrClNO/c1-7-4-9(2-3-10(7)12)14-6-8(13)5-11(14)15/h2-4,8H,5-6H2,1H3. The minimum absolute atomic E-state index is 0.0542. The maximum atomic E-state index is 11.6. The van der Waals surface area contributed by atoms with Crippen molar-refractivity contribution >= 4 is 39.1 Å². The fraction of sp³-hybridized carbons (Fsp3) is 0.364. The molecule has 1 amide bonds. The fourth-order valence-corrected chi connectivity index (χ4v) is 2.23. The number of anilines is 1. The zero-order valence-corrected chi connectivity index (χ0v) is 10.7. The first-order valence-corrected chi connectivity index (χ1v) is 6.01. The summed E-state index contributed by atoms with van der Waals surface area (Å²) >= 11 is 9.39. The van der Waals surface area contributed by atoms with Crippen molar-refractivity contribution in [2.75, 3.05) is 11.4 Å². The topological polar surface area (TPSA) is 20.3 Å². The third kappa shape index (κ3) is 2.18. The molecule has 1 aromatic carbocycles. The number of hydrogen-bond acceptors (Lipinski definition) is 1. The number of hydrogen-bond donors (Lipinski definition) is 0. The Morgan fingerprint density at radius 2 is 2.27 bits per heavy atom. The van der Waals surface area contributed by atoms with Crippen LogP contribution in [-0.2, 0) is 4.79 Å². The summed E-state index contributed by atoms with van der Waals surface area (Å²) in [6, 6.07) is 5.89. The highest BCUT2D eigenvalue weighted by atomic mass is 79.9. The van der Waals surface area contributed by atoms with Crippen LogP contribution in [0.15, 0.2) is 22.7 Å². The van der Waals surface area contributed by atoms with Crippen molar-refractivity contribution in [2.24, 2.45) is 0 Å². The van der Waals surface area contributed by atoms with E-state index in [2.05, 4.69) is 15.9 Å². The van der Waals surface area contributed by atoms with Crippen LogP contribution in [0.1, 0.15) is 12.0 Å². The van der Waals surface area contributed by atoms with E-state index in [1.165, 1.54) is 0 Å². The van der Waals surface area contributed by atoms with E-state index in [4.69, 9.17) is 11.6 Å². The molecule has 0 aliphatic carbocycles. The largest absolute Gasteiger partial charge is 0.311 e. The number of benzene rings is 1. The number of halogens is 2. The molecule has 1 atom stereocenters. The summed E-state index contributed by atoms with van der Waals surface area (Å²) in [5, 5.41) is -0.0542. The van der Waals surface area contributed by atoms with Gasteiger partial charge in [-0.2, -0.15) is 0 Å². The number of nitrogens with zero attached hydrogens (tertiary/aromatic N) is 1. The summed E-state index contributed by atoms with van der Waals surface area (Å²) in [6.07, 6.45) is 0.441. The first kappa shape index (κ1) is 11.0. The number of aryl methyl sites for hydroxylation is 1. The predicted octanol–water partition coefficient (Wildman–Crippen LogP) is 3.10. The summed E-state index contributed by atoms with van der Waals surface area (Å²) in [5.41, 5.74) is 2.06. The van der Waals surface area contributed by atoms with Gasteiger partial charge in [-0.3, -0.25) is 4.79 Å². The number of alkyl halides is 1. The van der Waals surface area contributed by atoms with E-state index in [1.54, 1.807) is 4.90 Å². The second kappa shape index (κ2) is 4.14. The van der Waals surface area contributed by atoms with Crippen molar-refractivity contribution in [1.82, 2.24) is 0 Å². The third-order valence-electron chi connectivity index (χ3n) is 2.53. The molecular weight excluding hydrogens is 277 g/mol. The van der Waals surface area contributed by atoms with Crippen LogP contribution in [0, 0.1) is 6.92 Å². The van der Waals surface area contributed by atoms with Crippen molar-refractivity contribution < 1.29 is 4.79 Å². The number of amides is 1. The number of rotatable bonds is 1. The van der Waals surface area contributed by atoms with Gasteiger partial charge in [-0.25, -0.2) is 0 Å². The Balaban J connectivity index is 2.30. The van der Waals surface area contributed by atoms with Crippen LogP contribution in [0.25, 0.3) is 0 Å². The molecule has 4 heteroatoms. The van der Waals surface area contributed by atoms with E-state index in [0.29, 0.717) is 13.0 Å². The molecule has 80 valence electrons. The first-order valence-electron chi connectivity index (χ1n) is 4.78. The van der Waals surface area contributed by atoms with E-state index in [-0.39, 0.29) is 11.3 Å². The molecule has 0 N–H and O–H groups in total. The Labute approximate surface area is 102 Å². The van der Waals surface area contributed by atoms with Gasteiger partial charge in [-0.15, -0.1) is 11.6 Å². The monoisotopic (exact) mass is 287 g/mol. The van der Waals surface area contributed by atoms with Crippen LogP contribution < -0.4 is 4.90 Å². The molecule has 1 heterocycles. The maximum absolute atomic E-state index is 11.6. The third-order valence-corrected chi connectivity index (χ3v) is 3.71. The molecule has 2 rings (SSSR count). The van der Waals surface area contributed by atoms with E-state index >= 15 is 0 Å². The van der Waals surface area contributed by atoms with Crippen molar-refractivity contribution in [3.05, 3.63) is 28.2 Å². The lowest BCUT2D eigenvalue weighted by molar-refractivity contribution is -0.117. The molecular formula is C11H11BrClNO. The van der Waals surface area contributed by atoms with Gasteiger partial charge in [-0.1, -0.05) is 15.9 Å². The quantitative estimate of drug-likeness (QED) is 0.727. The smallest absolute Gasteiger partial charge is 0.228 e. The van der Waals surface area contributed by atoms with Crippen LogP contribution in [0.2, 0.25) is 0 Å². The van der Waals surface area contributed by atoms with Gasteiger partial charge in [0.05, 0.1) is 5.38 Å². The van der Waals surface area contributed by atoms with Crippen LogP contribution in [0.3, 0.4) is 0 Å². The van der Waals surface area contributed by atoms with Gasteiger partial charge in [-0.05, 0) is 30.7 Å². The van der Waals surface area contributed by atoms with Gasteiger partial charge < -0.3 is 4.90 Å². The molecule has 1 aromatic rings. The molecule has 2 nitrogen and oxygen atoms in total. The van der Waals surface area contributed by atoms with Gasteiger partial charge in [0.15, 0.2) is 0 Å². The highest BCUT2D eigenvalue weighted by Crippen LogP contribution is 2.27. The Morgan fingerprint density at radius 1 is 1.53 bits per heavy atom. The molecule has 1 saturated heterocycles. The SMILES string of the molecule is Cc1cc(N2CC(Cl)CC2=O)ccc1Br. The molecule has 15 heavy (non-hydrogen) atoms. The van der Waals surface area contributed by atoms with E-state index in [9.17, 15) is 4.79 Å². The summed E-state index contributed by atoms with van der Waals surface area (Å²) in [7, 11) is 0. The molecule has 1 aliphatic heterocycles. The highest BCUT2D eigenvalue weighted by molar-refractivity contribution is 9.10. The van der Waals surface area contributed by atoms with Gasteiger partial charge >= 0.3 is 0 Å². The highest BCUT2D eigenvalue weighted by Gasteiger charge is 2.29. The fourth-order valence-electron chi connectivity index (χ4n) is 1.71. The molecule has 0 bridgehead atoms. The summed E-state index contributed by atoms with van der Waals surface area (Å²) in [5.74, 6) is 0.108. The summed E-state index contributed by atoms with van der Waals surface area (Å²) in [4.78, 5) is 13.4. The molecule has 1 unspecified atom stereocenters. The van der Waals surface area contributed by atoms with E-state index in [0.717, 1.165) is 15.7 Å². The van der Waals surface area contributed by atoms with Crippen molar-refractivity contribution in [1.29, 1.82) is 0 Å². The van der Waals surface area contributed by atoms with Crippen LogP contribution in [0.5, 0.6) is 0 Å². The minimum atomic E-state index is -0.0542. The molecule has 0 saturated carbocycles. The van der Waals surface area contributed by atoms with Crippen molar-refractivity contribution in [3.63, 3.8) is 0 Å². The van der Waals surface area contributed by atoms with Crippen LogP contribution >= 0.6 is 27.5 Å².